The lowest BCUT2D eigenvalue weighted by molar-refractivity contribution is -0.138. The van der Waals surface area contributed by atoms with Gasteiger partial charge in [0.1, 0.15) is 5.84 Å². The molecule has 2 amide bonds. The standard InChI is InChI=1S/C30H32N4O8S/c1-30(2,3)24(16-25(35)36)34-27(37)18-11-14-21(23(15-18)29(39)42-43(4,40)41)20-7-5-6-8-22(20)28(38)33-19-12-9-17(10-13-19)26(31)32/h5-15,24H,16H2,1-4H3,(H3,31,32)(H,33,38)(H,34,37)(H,35,36)/t24-/m0/s1. The van der Waals surface area contributed by atoms with Crippen LogP contribution in [-0.2, 0) is 19.1 Å². The zero-order chi connectivity index (χ0) is 32.1. The van der Waals surface area contributed by atoms with Gasteiger partial charge in [-0.15, -0.1) is 0 Å². The lowest BCUT2D eigenvalue weighted by Crippen LogP contribution is -2.45. The van der Waals surface area contributed by atoms with E-state index in [4.69, 9.17) is 11.1 Å². The van der Waals surface area contributed by atoms with Gasteiger partial charge in [0.15, 0.2) is 0 Å². The van der Waals surface area contributed by atoms with Crippen molar-refractivity contribution in [3.63, 3.8) is 0 Å². The van der Waals surface area contributed by atoms with Crippen molar-refractivity contribution in [2.45, 2.75) is 33.2 Å². The summed E-state index contributed by atoms with van der Waals surface area (Å²) in [5.74, 6) is -3.78. The van der Waals surface area contributed by atoms with Gasteiger partial charge in [0.25, 0.3) is 11.8 Å². The van der Waals surface area contributed by atoms with Crippen LogP contribution >= 0.6 is 0 Å². The highest BCUT2D eigenvalue weighted by Gasteiger charge is 2.30. The van der Waals surface area contributed by atoms with E-state index < -0.39 is 45.3 Å². The molecule has 226 valence electrons. The van der Waals surface area contributed by atoms with Gasteiger partial charge in [-0.25, -0.2) is 4.79 Å². The van der Waals surface area contributed by atoms with Gasteiger partial charge in [-0.05, 0) is 59.0 Å². The first kappa shape index (κ1) is 32.5. The first-order valence-corrected chi connectivity index (χ1v) is 14.7. The fraction of sp³-hybridized carbons (Fsp3) is 0.233. The first-order valence-electron chi connectivity index (χ1n) is 12.9. The van der Waals surface area contributed by atoms with E-state index in [0.717, 1.165) is 6.07 Å². The Morgan fingerprint density at radius 2 is 1.49 bits per heavy atom. The molecular formula is C30H32N4O8S. The minimum absolute atomic E-state index is 0.0590. The highest BCUT2D eigenvalue weighted by atomic mass is 32.2. The number of benzene rings is 3. The van der Waals surface area contributed by atoms with Crippen LogP contribution in [0.5, 0.6) is 0 Å². The van der Waals surface area contributed by atoms with Gasteiger partial charge in [0.05, 0.1) is 18.2 Å². The van der Waals surface area contributed by atoms with E-state index >= 15 is 0 Å². The van der Waals surface area contributed by atoms with Gasteiger partial charge in [-0.2, -0.15) is 8.42 Å². The van der Waals surface area contributed by atoms with Crippen molar-refractivity contribution in [3.05, 3.63) is 89.0 Å². The number of carboxylic acid groups (broad SMARTS) is 1. The number of aliphatic carboxylic acids is 1. The maximum atomic E-state index is 13.3. The van der Waals surface area contributed by atoms with Gasteiger partial charge in [0.2, 0.25) is 0 Å². The van der Waals surface area contributed by atoms with Gasteiger partial charge in [0, 0.05) is 28.4 Å². The molecule has 12 nitrogen and oxygen atoms in total. The summed E-state index contributed by atoms with van der Waals surface area (Å²) >= 11 is 0. The van der Waals surface area contributed by atoms with Gasteiger partial charge < -0.3 is 25.7 Å². The minimum atomic E-state index is -4.25. The molecule has 0 saturated heterocycles. The normalized spacial score (nSPS) is 12.1. The number of carbonyl (C=O) groups excluding carboxylic acids is 3. The van der Waals surface area contributed by atoms with Crippen LogP contribution in [-0.4, -0.2) is 55.4 Å². The number of hydrogen-bond donors (Lipinski definition) is 5. The number of carbonyl (C=O) groups is 4. The fourth-order valence-electron chi connectivity index (χ4n) is 4.11. The second-order valence-electron chi connectivity index (χ2n) is 10.8. The van der Waals surface area contributed by atoms with E-state index in [1.54, 1.807) is 63.2 Å². The smallest absolute Gasteiger partial charge is 0.354 e. The molecular weight excluding hydrogens is 576 g/mol. The van der Waals surface area contributed by atoms with Gasteiger partial charge >= 0.3 is 22.1 Å². The van der Waals surface area contributed by atoms with E-state index in [0.29, 0.717) is 17.5 Å². The third-order valence-electron chi connectivity index (χ3n) is 6.37. The lowest BCUT2D eigenvalue weighted by Gasteiger charge is -2.30. The second kappa shape index (κ2) is 12.9. The van der Waals surface area contributed by atoms with Crippen LogP contribution in [0.15, 0.2) is 66.7 Å². The predicted octanol–water partition coefficient (Wildman–Crippen LogP) is 3.63. The maximum Gasteiger partial charge on any atom is 0.354 e. The summed E-state index contributed by atoms with van der Waals surface area (Å²) in [6.07, 6.45) is 0.343. The number of amides is 2. The quantitative estimate of drug-likeness (QED) is 0.129. The first-order chi connectivity index (χ1) is 20.0. The zero-order valence-corrected chi connectivity index (χ0v) is 24.7. The highest BCUT2D eigenvalue weighted by Crippen LogP contribution is 2.30. The van der Waals surface area contributed by atoms with Crippen molar-refractivity contribution in [2.24, 2.45) is 11.1 Å². The Morgan fingerprint density at radius 1 is 0.907 bits per heavy atom. The van der Waals surface area contributed by atoms with Crippen LogP contribution in [0.2, 0.25) is 0 Å². The van der Waals surface area contributed by atoms with Crippen LogP contribution < -0.4 is 16.4 Å². The lowest BCUT2D eigenvalue weighted by atomic mass is 9.84. The monoisotopic (exact) mass is 608 g/mol. The van der Waals surface area contributed by atoms with Crippen molar-refractivity contribution < 1.29 is 36.9 Å². The summed E-state index contributed by atoms with van der Waals surface area (Å²) in [4.78, 5) is 50.9. The van der Waals surface area contributed by atoms with Crippen molar-refractivity contribution in [3.8, 4) is 11.1 Å². The molecule has 13 heteroatoms. The third-order valence-corrected chi connectivity index (χ3v) is 6.83. The molecule has 0 spiro atoms. The number of rotatable bonds is 10. The summed E-state index contributed by atoms with van der Waals surface area (Å²) in [7, 11) is -4.25. The molecule has 0 aliphatic carbocycles. The molecule has 3 aromatic carbocycles. The predicted molar refractivity (Wildman–Crippen MR) is 161 cm³/mol. The topological polar surface area (TPSA) is 206 Å². The van der Waals surface area contributed by atoms with Crippen molar-refractivity contribution in [1.29, 1.82) is 5.41 Å². The summed E-state index contributed by atoms with van der Waals surface area (Å²) in [6, 6.07) is 15.6. The van der Waals surface area contributed by atoms with Crippen LogP contribution in [0, 0.1) is 10.8 Å². The van der Waals surface area contributed by atoms with E-state index in [-0.39, 0.29) is 40.1 Å². The Hall–Kier alpha value is -5.04. The summed E-state index contributed by atoms with van der Waals surface area (Å²) in [5, 5.41) is 22.2. The van der Waals surface area contributed by atoms with Gasteiger partial charge in [-0.1, -0.05) is 45.0 Å². The average Bonchev–Trinajstić information content (AvgIpc) is 2.91. The van der Waals surface area contributed by atoms with Crippen LogP contribution in [0.25, 0.3) is 11.1 Å². The van der Waals surface area contributed by atoms with E-state index in [1.807, 2.05) is 0 Å². The van der Waals surface area contributed by atoms with E-state index in [1.165, 1.54) is 18.2 Å². The minimum Gasteiger partial charge on any atom is -0.481 e. The number of nitrogens with two attached hydrogens (primary N) is 1. The third kappa shape index (κ3) is 8.72. The van der Waals surface area contributed by atoms with Crippen molar-refractivity contribution >= 4 is 45.4 Å². The highest BCUT2D eigenvalue weighted by molar-refractivity contribution is 7.86. The average molecular weight is 609 g/mol. The SMILES string of the molecule is CC(C)(C)[C@H](CC(=O)O)NC(=O)c1ccc(-c2ccccc2C(=O)Nc2ccc(C(=N)N)cc2)c(C(=O)OS(C)(=O)=O)c1. The Morgan fingerprint density at radius 3 is 2.05 bits per heavy atom. The zero-order valence-electron chi connectivity index (χ0n) is 23.9. The van der Waals surface area contributed by atoms with Crippen LogP contribution in [0.3, 0.4) is 0 Å². The molecule has 0 radical (unpaired) electrons. The molecule has 3 aromatic rings. The maximum absolute atomic E-state index is 13.3. The van der Waals surface area contributed by atoms with Crippen molar-refractivity contribution in [2.75, 3.05) is 11.6 Å². The number of hydrogen-bond acceptors (Lipinski definition) is 8. The molecule has 0 heterocycles. The van der Waals surface area contributed by atoms with Crippen LogP contribution in [0.1, 0.15) is 63.8 Å². The molecule has 0 aliphatic heterocycles. The Balaban J connectivity index is 2.06. The summed E-state index contributed by atoms with van der Waals surface area (Å²) < 4.78 is 28.3. The number of anilines is 1. The number of amidine groups is 1. The molecule has 43 heavy (non-hydrogen) atoms. The molecule has 0 saturated carbocycles. The van der Waals surface area contributed by atoms with Gasteiger partial charge in [-0.3, -0.25) is 19.8 Å². The molecule has 0 unspecified atom stereocenters. The largest absolute Gasteiger partial charge is 0.481 e. The van der Waals surface area contributed by atoms with E-state index in [9.17, 15) is 32.7 Å². The molecule has 0 bridgehead atoms. The Kier molecular flexibility index (Phi) is 9.71. The van der Waals surface area contributed by atoms with E-state index in [2.05, 4.69) is 14.8 Å². The second-order valence-corrected chi connectivity index (χ2v) is 12.4. The molecule has 0 aliphatic rings. The summed E-state index contributed by atoms with van der Waals surface area (Å²) in [6.45, 7) is 5.29. The molecule has 6 N–H and O–H groups in total. The fourth-order valence-corrected chi connectivity index (χ4v) is 4.47. The number of carboxylic acids is 1. The Labute approximate surface area is 248 Å². The number of nitrogens with one attached hydrogen (secondary N) is 3. The molecule has 1 atom stereocenters. The number of nitrogen functional groups attached to an aromatic ring is 1. The summed E-state index contributed by atoms with van der Waals surface area (Å²) in [5.41, 5.74) is 5.84. The Bertz CT molecular complexity index is 1690. The molecule has 0 fully saturated rings. The molecule has 3 rings (SSSR count). The molecule has 0 aromatic heterocycles. The van der Waals surface area contributed by atoms with Crippen LogP contribution in [0.4, 0.5) is 5.69 Å². The van der Waals surface area contributed by atoms with Crippen molar-refractivity contribution in [1.82, 2.24) is 5.32 Å².